The molecule has 0 spiro atoms. The van der Waals surface area contributed by atoms with Gasteiger partial charge in [-0.1, -0.05) is 42.5 Å². The Hall–Kier alpha value is -2.24. The summed E-state index contributed by atoms with van der Waals surface area (Å²) in [6.45, 7) is 1.22. The molecule has 0 bridgehead atoms. The van der Waals surface area contributed by atoms with Gasteiger partial charge < -0.3 is 10.1 Å². The molecule has 4 nitrogen and oxygen atoms in total. The van der Waals surface area contributed by atoms with E-state index >= 15 is 0 Å². The Bertz CT molecular complexity index is 647. The normalized spacial score (nSPS) is 12.2. The van der Waals surface area contributed by atoms with E-state index in [9.17, 15) is 9.18 Å². The fraction of sp³-hybridized carbons (Fsp3) is 0.350. The van der Waals surface area contributed by atoms with Gasteiger partial charge in [-0.3, -0.25) is 9.69 Å². The van der Waals surface area contributed by atoms with Crippen molar-refractivity contribution in [1.82, 2.24) is 10.2 Å². The molecular formula is C20H25FN2O2. The zero-order valence-corrected chi connectivity index (χ0v) is 14.7. The topological polar surface area (TPSA) is 41.6 Å². The monoisotopic (exact) mass is 344 g/mol. The van der Waals surface area contributed by atoms with Crippen molar-refractivity contribution in [2.45, 2.75) is 19.0 Å². The lowest BCUT2D eigenvalue weighted by Gasteiger charge is -2.27. The van der Waals surface area contributed by atoms with Crippen molar-refractivity contribution in [2.24, 2.45) is 0 Å². The molecule has 0 heterocycles. The molecule has 2 aromatic carbocycles. The molecule has 0 radical (unpaired) electrons. The van der Waals surface area contributed by atoms with Crippen LogP contribution in [0.4, 0.5) is 4.39 Å². The van der Waals surface area contributed by atoms with Crippen LogP contribution in [0, 0.1) is 5.82 Å². The van der Waals surface area contributed by atoms with E-state index in [1.165, 1.54) is 17.7 Å². The number of benzene rings is 2. The van der Waals surface area contributed by atoms with Crippen LogP contribution in [0.1, 0.15) is 11.1 Å². The Morgan fingerprint density at radius 2 is 1.80 bits per heavy atom. The van der Waals surface area contributed by atoms with Crippen molar-refractivity contribution in [1.29, 1.82) is 0 Å². The summed E-state index contributed by atoms with van der Waals surface area (Å²) in [5, 5.41) is 2.87. The summed E-state index contributed by atoms with van der Waals surface area (Å²) in [5.41, 5.74) is 2.08. The van der Waals surface area contributed by atoms with E-state index in [1.807, 2.05) is 30.1 Å². The number of rotatable bonds is 9. The third-order valence-electron chi connectivity index (χ3n) is 4.09. The Labute approximate surface area is 148 Å². The summed E-state index contributed by atoms with van der Waals surface area (Å²) in [6.07, 6.45) is 0.816. The van der Waals surface area contributed by atoms with Gasteiger partial charge in [0.25, 0.3) is 0 Å². The van der Waals surface area contributed by atoms with Gasteiger partial charge in [-0.05, 0) is 36.7 Å². The van der Waals surface area contributed by atoms with Gasteiger partial charge in [-0.15, -0.1) is 0 Å². The smallest absolute Gasteiger partial charge is 0.234 e. The number of ether oxygens (including phenoxy) is 1. The van der Waals surface area contributed by atoms with Gasteiger partial charge in [0.15, 0.2) is 0 Å². The Balaban J connectivity index is 1.85. The number of amides is 1. The maximum absolute atomic E-state index is 12.9. The molecule has 0 unspecified atom stereocenters. The minimum atomic E-state index is -0.280. The fourth-order valence-electron chi connectivity index (χ4n) is 2.63. The van der Waals surface area contributed by atoms with Gasteiger partial charge in [0, 0.05) is 19.7 Å². The molecular weight excluding hydrogens is 319 g/mol. The highest BCUT2D eigenvalue weighted by atomic mass is 19.1. The third-order valence-corrected chi connectivity index (χ3v) is 4.09. The van der Waals surface area contributed by atoms with Gasteiger partial charge >= 0.3 is 0 Å². The highest BCUT2D eigenvalue weighted by Crippen LogP contribution is 2.08. The average molecular weight is 344 g/mol. The second-order valence-corrected chi connectivity index (χ2v) is 6.12. The molecule has 0 aliphatic rings. The number of carbonyl (C=O) groups excluding carboxylic acids is 1. The Morgan fingerprint density at radius 1 is 1.12 bits per heavy atom. The van der Waals surface area contributed by atoms with Crippen molar-refractivity contribution in [3.05, 3.63) is 71.5 Å². The van der Waals surface area contributed by atoms with Crippen LogP contribution in [0.3, 0.4) is 0 Å². The number of methoxy groups -OCH3 is 1. The molecule has 0 aromatic heterocycles. The van der Waals surface area contributed by atoms with E-state index in [2.05, 4.69) is 17.4 Å². The lowest BCUT2D eigenvalue weighted by Crippen LogP contribution is -2.43. The number of hydrogen-bond donors (Lipinski definition) is 1. The summed E-state index contributed by atoms with van der Waals surface area (Å²) < 4.78 is 18.2. The zero-order chi connectivity index (χ0) is 18.1. The summed E-state index contributed by atoms with van der Waals surface area (Å²) in [5.74, 6) is -0.348. The van der Waals surface area contributed by atoms with Gasteiger partial charge in [-0.25, -0.2) is 4.39 Å². The number of hydrogen-bond acceptors (Lipinski definition) is 3. The predicted octanol–water partition coefficient (Wildman–Crippen LogP) is 2.63. The zero-order valence-electron chi connectivity index (χ0n) is 14.7. The molecule has 0 saturated heterocycles. The fourth-order valence-corrected chi connectivity index (χ4v) is 2.63. The van der Waals surface area contributed by atoms with Crippen LogP contribution < -0.4 is 5.32 Å². The number of nitrogens with one attached hydrogen (secondary N) is 1. The molecule has 1 N–H and O–H groups in total. The Morgan fingerprint density at radius 3 is 2.44 bits per heavy atom. The minimum Gasteiger partial charge on any atom is -0.383 e. The quantitative estimate of drug-likeness (QED) is 0.760. The van der Waals surface area contributed by atoms with Gasteiger partial charge in [0.1, 0.15) is 5.82 Å². The second kappa shape index (κ2) is 9.91. The van der Waals surface area contributed by atoms with Crippen LogP contribution in [0.5, 0.6) is 0 Å². The van der Waals surface area contributed by atoms with E-state index in [0.717, 1.165) is 12.0 Å². The van der Waals surface area contributed by atoms with Crippen molar-refractivity contribution >= 4 is 5.91 Å². The molecule has 25 heavy (non-hydrogen) atoms. The summed E-state index contributed by atoms with van der Waals surface area (Å²) in [7, 11) is 3.59. The highest BCUT2D eigenvalue weighted by Gasteiger charge is 2.18. The maximum Gasteiger partial charge on any atom is 0.234 e. The summed E-state index contributed by atoms with van der Waals surface area (Å²) in [4.78, 5) is 14.2. The molecule has 0 saturated carbocycles. The lowest BCUT2D eigenvalue weighted by atomic mass is 10.1. The molecule has 0 aliphatic heterocycles. The standard InChI is InChI=1S/C20H25FN2O2/c1-23(19(15-25-2)12-16-6-4-3-5-7-16)14-20(24)22-13-17-8-10-18(21)11-9-17/h3-11,19H,12-15H2,1-2H3,(H,22,24)/t19-/m1/s1. The molecule has 2 aromatic rings. The molecule has 1 amide bonds. The third kappa shape index (κ3) is 6.64. The van der Waals surface area contributed by atoms with Crippen LogP contribution in [0.2, 0.25) is 0 Å². The van der Waals surface area contributed by atoms with Gasteiger partial charge in [0.05, 0.1) is 13.2 Å². The van der Waals surface area contributed by atoms with E-state index in [4.69, 9.17) is 4.74 Å². The number of nitrogens with zero attached hydrogens (tertiary/aromatic N) is 1. The maximum atomic E-state index is 12.9. The molecule has 134 valence electrons. The number of likely N-dealkylation sites (N-methyl/N-ethyl adjacent to an activating group) is 1. The number of carbonyl (C=O) groups is 1. The van der Waals surface area contributed by atoms with E-state index < -0.39 is 0 Å². The van der Waals surface area contributed by atoms with Crippen LogP contribution in [-0.2, 0) is 22.5 Å². The van der Waals surface area contributed by atoms with Crippen molar-refractivity contribution in [2.75, 3.05) is 27.3 Å². The van der Waals surface area contributed by atoms with Crippen LogP contribution >= 0.6 is 0 Å². The van der Waals surface area contributed by atoms with Crippen molar-refractivity contribution < 1.29 is 13.9 Å². The van der Waals surface area contributed by atoms with E-state index in [0.29, 0.717) is 13.2 Å². The first-order valence-electron chi connectivity index (χ1n) is 8.32. The molecule has 5 heteroatoms. The van der Waals surface area contributed by atoms with Gasteiger partial charge in [0.2, 0.25) is 5.91 Å². The minimum absolute atomic E-state index is 0.0685. The first-order chi connectivity index (χ1) is 12.1. The molecule has 2 rings (SSSR count). The lowest BCUT2D eigenvalue weighted by molar-refractivity contribution is -0.122. The van der Waals surface area contributed by atoms with Crippen LogP contribution in [-0.4, -0.2) is 44.2 Å². The largest absolute Gasteiger partial charge is 0.383 e. The molecule has 0 fully saturated rings. The average Bonchev–Trinajstić information content (AvgIpc) is 2.62. The van der Waals surface area contributed by atoms with E-state index in [1.54, 1.807) is 19.2 Å². The van der Waals surface area contributed by atoms with Crippen molar-refractivity contribution in [3.63, 3.8) is 0 Å². The first kappa shape index (κ1) is 19.1. The SMILES string of the molecule is COC[C@@H](Cc1ccccc1)N(C)CC(=O)NCc1ccc(F)cc1. The van der Waals surface area contributed by atoms with Crippen molar-refractivity contribution in [3.8, 4) is 0 Å². The Kier molecular flexibility index (Phi) is 7.57. The first-order valence-corrected chi connectivity index (χ1v) is 8.32. The van der Waals surface area contributed by atoms with E-state index in [-0.39, 0.29) is 24.3 Å². The van der Waals surface area contributed by atoms with Crippen LogP contribution in [0.15, 0.2) is 54.6 Å². The van der Waals surface area contributed by atoms with Gasteiger partial charge in [-0.2, -0.15) is 0 Å². The highest BCUT2D eigenvalue weighted by molar-refractivity contribution is 5.78. The molecule has 0 aliphatic carbocycles. The predicted molar refractivity (Wildman–Crippen MR) is 96.7 cm³/mol. The number of halogens is 1. The molecule has 1 atom stereocenters. The summed E-state index contributed by atoms with van der Waals surface area (Å²) >= 11 is 0. The second-order valence-electron chi connectivity index (χ2n) is 6.12. The van der Waals surface area contributed by atoms with Crippen LogP contribution in [0.25, 0.3) is 0 Å². The summed E-state index contributed by atoms with van der Waals surface area (Å²) in [6, 6.07) is 16.4.